The van der Waals surface area contributed by atoms with Crippen LogP contribution in [0.2, 0.25) is 0 Å². The fourth-order valence-corrected chi connectivity index (χ4v) is 1.97. The number of carbonyl (C=O) groups is 1. The largest absolute Gasteiger partial charge is 0.507 e. The summed E-state index contributed by atoms with van der Waals surface area (Å²) in [5.41, 5.74) is 0.473. The molecule has 0 aromatic heterocycles. The lowest BCUT2D eigenvalue weighted by molar-refractivity contribution is 0.0935. The van der Waals surface area contributed by atoms with Gasteiger partial charge in [0.05, 0.1) is 4.47 Å². The molecule has 0 aliphatic heterocycles. The molecule has 4 heteroatoms. The Labute approximate surface area is 110 Å². The summed E-state index contributed by atoms with van der Waals surface area (Å²) in [6, 6.07) is 4.94. The van der Waals surface area contributed by atoms with Crippen molar-refractivity contribution in [3.8, 4) is 5.75 Å². The lowest BCUT2D eigenvalue weighted by Gasteiger charge is -2.16. The van der Waals surface area contributed by atoms with Gasteiger partial charge in [0, 0.05) is 11.6 Å². The molecular formula is C13H18BrNO2. The molecule has 0 fully saturated rings. The van der Waals surface area contributed by atoms with E-state index in [1.807, 2.05) is 6.92 Å². The molecule has 0 aliphatic carbocycles. The SMILES string of the molecule is CC(C)CC(C)NC(=O)c1ccc(Br)c(O)c1. The van der Waals surface area contributed by atoms with Crippen molar-refractivity contribution in [1.82, 2.24) is 5.32 Å². The number of halogens is 1. The van der Waals surface area contributed by atoms with Crippen molar-refractivity contribution in [3.05, 3.63) is 28.2 Å². The minimum absolute atomic E-state index is 0.0779. The van der Waals surface area contributed by atoms with Crippen molar-refractivity contribution in [2.45, 2.75) is 33.2 Å². The van der Waals surface area contributed by atoms with Gasteiger partial charge < -0.3 is 10.4 Å². The number of benzene rings is 1. The van der Waals surface area contributed by atoms with Crippen molar-refractivity contribution in [3.63, 3.8) is 0 Å². The third-order valence-electron chi connectivity index (χ3n) is 2.41. The van der Waals surface area contributed by atoms with Crippen LogP contribution in [-0.2, 0) is 0 Å². The highest BCUT2D eigenvalue weighted by molar-refractivity contribution is 9.10. The molecular weight excluding hydrogens is 282 g/mol. The van der Waals surface area contributed by atoms with E-state index in [1.165, 1.54) is 6.07 Å². The first-order valence-corrected chi connectivity index (χ1v) is 6.48. The summed E-state index contributed by atoms with van der Waals surface area (Å²) in [7, 11) is 0. The second-order valence-electron chi connectivity index (χ2n) is 4.67. The molecule has 3 nitrogen and oxygen atoms in total. The Bertz CT molecular complexity index is 404. The van der Waals surface area contributed by atoms with Gasteiger partial charge in [-0.05, 0) is 53.4 Å². The molecule has 94 valence electrons. The number of hydrogen-bond donors (Lipinski definition) is 2. The van der Waals surface area contributed by atoms with Gasteiger partial charge in [-0.1, -0.05) is 13.8 Å². The zero-order valence-corrected chi connectivity index (χ0v) is 11.9. The molecule has 0 radical (unpaired) electrons. The zero-order valence-electron chi connectivity index (χ0n) is 10.3. The monoisotopic (exact) mass is 299 g/mol. The molecule has 0 spiro atoms. The van der Waals surface area contributed by atoms with Crippen molar-refractivity contribution < 1.29 is 9.90 Å². The molecule has 1 amide bonds. The van der Waals surface area contributed by atoms with E-state index in [0.29, 0.717) is 16.0 Å². The molecule has 1 aromatic carbocycles. The third kappa shape index (κ3) is 4.38. The van der Waals surface area contributed by atoms with Crippen LogP contribution in [-0.4, -0.2) is 17.1 Å². The summed E-state index contributed by atoms with van der Waals surface area (Å²) in [5.74, 6) is 0.471. The maximum Gasteiger partial charge on any atom is 0.251 e. The molecule has 0 bridgehead atoms. The topological polar surface area (TPSA) is 49.3 Å². The standard InChI is InChI=1S/C13H18BrNO2/c1-8(2)6-9(3)15-13(17)10-4-5-11(14)12(16)7-10/h4-5,7-9,16H,6H2,1-3H3,(H,15,17). The average Bonchev–Trinajstić information content (AvgIpc) is 2.20. The van der Waals surface area contributed by atoms with Gasteiger partial charge in [-0.3, -0.25) is 4.79 Å². The van der Waals surface area contributed by atoms with Gasteiger partial charge in [-0.25, -0.2) is 0 Å². The van der Waals surface area contributed by atoms with Gasteiger partial charge >= 0.3 is 0 Å². The Morgan fingerprint density at radius 2 is 2.06 bits per heavy atom. The van der Waals surface area contributed by atoms with Crippen molar-refractivity contribution in [1.29, 1.82) is 0 Å². The van der Waals surface area contributed by atoms with E-state index >= 15 is 0 Å². The van der Waals surface area contributed by atoms with Crippen molar-refractivity contribution >= 4 is 21.8 Å². The molecule has 1 unspecified atom stereocenters. The number of hydrogen-bond acceptors (Lipinski definition) is 2. The molecule has 1 atom stereocenters. The second-order valence-corrected chi connectivity index (χ2v) is 5.52. The highest BCUT2D eigenvalue weighted by Gasteiger charge is 2.12. The number of rotatable bonds is 4. The molecule has 17 heavy (non-hydrogen) atoms. The highest BCUT2D eigenvalue weighted by Crippen LogP contribution is 2.24. The fraction of sp³-hybridized carbons (Fsp3) is 0.462. The second kappa shape index (κ2) is 6.05. The summed E-state index contributed by atoms with van der Waals surface area (Å²) in [4.78, 5) is 11.9. The predicted octanol–water partition coefficient (Wildman–Crippen LogP) is 3.32. The minimum Gasteiger partial charge on any atom is -0.507 e. The van der Waals surface area contributed by atoms with Gasteiger partial charge in [-0.2, -0.15) is 0 Å². The Morgan fingerprint density at radius 3 is 2.59 bits per heavy atom. The van der Waals surface area contributed by atoms with E-state index in [2.05, 4.69) is 35.1 Å². The highest BCUT2D eigenvalue weighted by atomic mass is 79.9. The van der Waals surface area contributed by atoms with Crippen LogP contribution in [0.15, 0.2) is 22.7 Å². The van der Waals surface area contributed by atoms with Crippen LogP contribution in [0, 0.1) is 5.92 Å². The maximum absolute atomic E-state index is 11.9. The Balaban J connectivity index is 2.66. The molecule has 0 heterocycles. The number of aromatic hydroxyl groups is 1. The van der Waals surface area contributed by atoms with E-state index in [9.17, 15) is 9.90 Å². The Kier molecular flexibility index (Phi) is 5.00. The molecule has 1 rings (SSSR count). The number of carbonyl (C=O) groups excluding carboxylic acids is 1. The van der Waals surface area contributed by atoms with Crippen molar-refractivity contribution in [2.24, 2.45) is 5.92 Å². The van der Waals surface area contributed by atoms with Gasteiger partial charge in [-0.15, -0.1) is 0 Å². The average molecular weight is 300 g/mol. The number of phenolic OH excluding ortho intramolecular Hbond substituents is 1. The quantitative estimate of drug-likeness (QED) is 0.896. The summed E-state index contributed by atoms with van der Waals surface area (Å²) in [6.45, 7) is 6.22. The minimum atomic E-state index is -0.152. The first kappa shape index (κ1) is 14.0. The Morgan fingerprint density at radius 1 is 1.41 bits per heavy atom. The summed E-state index contributed by atoms with van der Waals surface area (Å²) >= 11 is 3.18. The molecule has 2 N–H and O–H groups in total. The first-order chi connectivity index (χ1) is 7.90. The number of nitrogens with one attached hydrogen (secondary N) is 1. The zero-order chi connectivity index (χ0) is 13.0. The van der Waals surface area contributed by atoms with E-state index in [1.54, 1.807) is 12.1 Å². The van der Waals surface area contributed by atoms with Gasteiger partial charge in [0.2, 0.25) is 0 Å². The summed E-state index contributed by atoms with van der Waals surface area (Å²) < 4.78 is 0.587. The first-order valence-electron chi connectivity index (χ1n) is 5.69. The van der Waals surface area contributed by atoms with Crippen LogP contribution in [0.3, 0.4) is 0 Å². The van der Waals surface area contributed by atoms with Gasteiger partial charge in [0.15, 0.2) is 0 Å². The van der Waals surface area contributed by atoms with E-state index in [-0.39, 0.29) is 17.7 Å². The predicted molar refractivity (Wildman–Crippen MR) is 72.2 cm³/mol. The lowest BCUT2D eigenvalue weighted by atomic mass is 10.0. The Hall–Kier alpha value is -1.03. The van der Waals surface area contributed by atoms with Gasteiger partial charge in [0.25, 0.3) is 5.91 Å². The summed E-state index contributed by atoms with van der Waals surface area (Å²) in [6.07, 6.45) is 0.939. The lowest BCUT2D eigenvalue weighted by Crippen LogP contribution is -2.33. The molecule has 0 saturated carbocycles. The molecule has 0 saturated heterocycles. The fourth-order valence-electron chi connectivity index (χ4n) is 1.73. The normalized spacial score (nSPS) is 12.5. The number of amides is 1. The van der Waals surface area contributed by atoms with Gasteiger partial charge in [0.1, 0.15) is 5.75 Å². The van der Waals surface area contributed by atoms with Crippen LogP contribution in [0.25, 0.3) is 0 Å². The van der Waals surface area contributed by atoms with E-state index in [0.717, 1.165) is 6.42 Å². The van der Waals surface area contributed by atoms with Crippen LogP contribution in [0.5, 0.6) is 5.75 Å². The molecule has 0 aliphatic rings. The summed E-state index contributed by atoms with van der Waals surface area (Å²) in [5, 5.41) is 12.4. The smallest absolute Gasteiger partial charge is 0.251 e. The van der Waals surface area contributed by atoms with Crippen molar-refractivity contribution in [2.75, 3.05) is 0 Å². The number of phenols is 1. The van der Waals surface area contributed by atoms with E-state index < -0.39 is 0 Å². The van der Waals surface area contributed by atoms with Crippen LogP contribution >= 0.6 is 15.9 Å². The van der Waals surface area contributed by atoms with Crippen LogP contribution < -0.4 is 5.32 Å². The van der Waals surface area contributed by atoms with Crippen LogP contribution in [0.1, 0.15) is 37.6 Å². The maximum atomic E-state index is 11.9. The molecule has 1 aromatic rings. The third-order valence-corrected chi connectivity index (χ3v) is 3.08. The van der Waals surface area contributed by atoms with E-state index in [4.69, 9.17) is 0 Å². The van der Waals surface area contributed by atoms with Crippen LogP contribution in [0.4, 0.5) is 0 Å².